The van der Waals surface area contributed by atoms with Crippen LogP contribution < -0.4 is 4.90 Å². The molecule has 1 aromatic carbocycles. The molecular weight excluding hydrogens is 270 g/mol. The predicted molar refractivity (Wildman–Crippen MR) is 82.9 cm³/mol. The zero-order valence-electron chi connectivity index (χ0n) is 11.8. The maximum Gasteiger partial charge on any atom is 0.338 e. The molecule has 0 spiro atoms. The van der Waals surface area contributed by atoms with Crippen molar-refractivity contribution in [3.05, 3.63) is 23.8 Å². The summed E-state index contributed by atoms with van der Waals surface area (Å²) in [4.78, 5) is 14.9. The number of anilines is 1. The molecule has 1 saturated carbocycles. The van der Waals surface area contributed by atoms with Crippen LogP contribution >= 0.6 is 11.8 Å². The number of carbonyl (C=O) groups is 1. The molecule has 3 nitrogen and oxygen atoms in total. The van der Waals surface area contributed by atoms with E-state index in [4.69, 9.17) is 0 Å². The van der Waals surface area contributed by atoms with Crippen molar-refractivity contribution in [3.8, 4) is 0 Å². The van der Waals surface area contributed by atoms with Crippen molar-refractivity contribution in [2.24, 2.45) is 5.92 Å². The van der Waals surface area contributed by atoms with E-state index in [1.54, 1.807) is 0 Å². The average molecular weight is 291 g/mol. The van der Waals surface area contributed by atoms with Gasteiger partial charge in [-0.05, 0) is 50.0 Å². The van der Waals surface area contributed by atoms with Crippen LogP contribution in [-0.2, 0) is 0 Å². The van der Waals surface area contributed by atoms with Gasteiger partial charge in [-0.1, -0.05) is 12.5 Å². The molecular formula is C16H21NO2S. The van der Waals surface area contributed by atoms with Crippen LogP contribution in [0.1, 0.15) is 42.5 Å². The van der Waals surface area contributed by atoms with Gasteiger partial charge >= 0.3 is 5.97 Å². The van der Waals surface area contributed by atoms with Crippen molar-refractivity contribution in [2.75, 3.05) is 17.7 Å². The second-order valence-corrected chi connectivity index (χ2v) is 6.60. The van der Waals surface area contributed by atoms with Gasteiger partial charge in [0.15, 0.2) is 0 Å². The van der Waals surface area contributed by atoms with Gasteiger partial charge < -0.3 is 10.0 Å². The quantitative estimate of drug-likeness (QED) is 0.858. The van der Waals surface area contributed by atoms with Crippen LogP contribution in [0.2, 0.25) is 0 Å². The molecule has 0 amide bonds. The molecule has 0 aromatic heterocycles. The monoisotopic (exact) mass is 291 g/mol. The van der Waals surface area contributed by atoms with Crippen molar-refractivity contribution in [1.29, 1.82) is 0 Å². The van der Waals surface area contributed by atoms with Crippen molar-refractivity contribution in [2.45, 2.75) is 43.0 Å². The molecule has 2 fully saturated rings. The van der Waals surface area contributed by atoms with Gasteiger partial charge in [0.2, 0.25) is 0 Å². The Hall–Kier alpha value is -1.16. The number of carboxylic acid groups (broad SMARTS) is 1. The molecule has 1 aliphatic carbocycles. The molecule has 1 aliphatic heterocycles. The van der Waals surface area contributed by atoms with Crippen molar-refractivity contribution in [3.63, 3.8) is 0 Å². The van der Waals surface area contributed by atoms with Crippen LogP contribution in [0.3, 0.4) is 0 Å². The number of hydrogen-bond donors (Lipinski definition) is 1. The summed E-state index contributed by atoms with van der Waals surface area (Å²) in [5, 5.41) is 9.61. The van der Waals surface area contributed by atoms with E-state index in [-0.39, 0.29) is 0 Å². The lowest BCUT2D eigenvalue weighted by atomic mass is 9.91. The summed E-state index contributed by atoms with van der Waals surface area (Å²) in [5.41, 5.74) is 1.42. The van der Waals surface area contributed by atoms with Gasteiger partial charge in [-0.15, -0.1) is 11.8 Å². The van der Waals surface area contributed by atoms with E-state index in [2.05, 4.69) is 4.90 Å². The number of carboxylic acids is 1. The van der Waals surface area contributed by atoms with Crippen molar-refractivity contribution >= 4 is 23.4 Å². The third-order valence-electron chi connectivity index (χ3n) is 4.74. The molecule has 1 aromatic rings. The predicted octanol–water partition coefficient (Wildman–Crippen LogP) is 3.88. The number of fused-ring (bicyclic) bond motifs is 1. The molecule has 2 unspecified atom stereocenters. The van der Waals surface area contributed by atoms with E-state index in [1.807, 2.05) is 24.5 Å². The third kappa shape index (κ3) is 2.30. The lowest BCUT2D eigenvalue weighted by Crippen LogP contribution is -2.43. The molecule has 108 valence electrons. The lowest BCUT2D eigenvalue weighted by molar-refractivity contribution is 0.0693. The van der Waals surface area contributed by atoms with E-state index >= 15 is 0 Å². The van der Waals surface area contributed by atoms with Gasteiger partial charge in [-0.25, -0.2) is 4.79 Å². The van der Waals surface area contributed by atoms with Crippen LogP contribution in [0.5, 0.6) is 0 Å². The highest BCUT2D eigenvalue weighted by molar-refractivity contribution is 7.98. The molecule has 1 saturated heterocycles. The van der Waals surface area contributed by atoms with E-state index in [9.17, 15) is 9.90 Å². The summed E-state index contributed by atoms with van der Waals surface area (Å²) < 4.78 is 0. The Bertz CT molecular complexity index is 517. The molecule has 4 heteroatoms. The van der Waals surface area contributed by atoms with E-state index in [1.165, 1.54) is 43.9 Å². The van der Waals surface area contributed by atoms with Gasteiger partial charge in [0, 0.05) is 17.5 Å². The minimum absolute atomic E-state index is 0.493. The van der Waals surface area contributed by atoms with Crippen molar-refractivity contribution < 1.29 is 9.90 Å². The molecule has 2 aliphatic rings. The molecule has 20 heavy (non-hydrogen) atoms. The van der Waals surface area contributed by atoms with E-state index in [0.717, 1.165) is 23.0 Å². The first kappa shape index (κ1) is 13.8. The Morgan fingerprint density at radius 3 is 2.85 bits per heavy atom. The zero-order chi connectivity index (χ0) is 14.1. The summed E-state index contributed by atoms with van der Waals surface area (Å²) in [6.07, 6.45) is 8.26. The third-order valence-corrected chi connectivity index (χ3v) is 5.52. The number of nitrogens with zero attached hydrogens (tertiary/aromatic N) is 1. The number of aromatic carboxylic acids is 1. The van der Waals surface area contributed by atoms with Crippen LogP contribution in [0.4, 0.5) is 5.69 Å². The summed E-state index contributed by atoms with van der Waals surface area (Å²) in [7, 11) is 0. The molecule has 3 rings (SSSR count). The summed E-state index contributed by atoms with van der Waals surface area (Å²) >= 11 is 1.52. The number of benzene rings is 1. The van der Waals surface area contributed by atoms with E-state index < -0.39 is 5.97 Å². The fourth-order valence-corrected chi connectivity index (χ4v) is 4.51. The van der Waals surface area contributed by atoms with Crippen LogP contribution in [0.15, 0.2) is 23.1 Å². The highest BCUT2D eigenvalue weighted by atomic mass is 32.2. The van der Waals surface area contributed by atoms with E-state index in [0.29, 0.717) is 11.6 Å². The number of piperidine rings is 1. The number of hydrogen-bond acceptors (Lipinski definition) is 3. The van der Waals surface area contributed by atoms with Gasteiger partial charge in [0.25, 0.3) is 0 Å². The zero-order valence-corrected chi connectivity index (χ0v) is 12.7. The Balaban J connectivity index is 2.02. The fraction of sp³-hybridized carbons (Fsp3) is 0.562. The maximum absolute atomic E-state index is 11.7. The second kappa shape index (κ2) is 5.68. The van der Waals surface area contributed by atoms with Gasteiger partial charge in [-0.3, -0.25) is 0 Å². The fourth-order valence-electron chi connectivity index (χ4n) is 3.90. The lowest BCUT2D eigenvalue weighted by Gasteiger charge is -2.40. The maximum atomic E-state index is 11.7. The molecule has 0 radical (unpaired) electrons. The molecule has 1 N–H and O–H groups in total. The Morgan fingerprint density at radius 2 is 2.10 bits per heavy atom. The normalized spacial score (nSPS) is 25.6. The van der Waals surface area contributed by atoms with Gasteiger partial charge in [0.1, 0.15) is 0 Å². The topological polar surface area (TPSA) is 40.5 Å². The highest BCUT2D eigenvalue weighted by Crippen LogP contribution is 2.41. The summed E-state index contributed by atoms with van der Waals surface area (Å²) in [6.45, 7) is 0.999. The molecule has 1 heterocycles. The number of thioether (sulfide) groups is 1. The second-order valence-electron chi connectivity index (χ2n) is 5.75. The average Bonchev–Trinajstić information content (AvgIpc) is 2.94. The smallest absolute Gasteiger partial charge is 0.338 e. The van der Waals surface area contributed by atoms with Gasteiger partial charge in [0.05, 0.1) is 11.3 Å². The first-order valence-electron chi connectivity index (χ1n) is 7.39. The SMILES string of the molecule is CSc1cccc(N2CCCC3CCCC32)c1C(=O)O. The summed E-state index contributed by atoms with van der Waals surface area (Å²) in [5.74, 6) is -0.0339. The summed E-state index contributed by atoms with van der Waals surface area (Å²) in [6, 6.07) is 6.45. The molecule has 0 bridgehead atoms. The Morgan fingerprint density at radius 1 is 1.30 bits per heavy atom. The highest BCUT2D eigenvalue weighted by Gasteiger charge is 2.36. The first-order chi connectivity index (χ1) is 9.72. The Labute approximate surface area is 124 Å². The van der Waals surface area contributed by atoms with Gasteiger partial charge in [-0.2, -0.15) is 0 Å². The molecule has 2 atom stereocenters. The minimum Gasteiger partial charge on any atom is -0.478 e. The van der Waals surface area contributed by atoms with Crippen LogP contribution in [-0.4, -0.2) is 29.9 Å². The van der Waals surface area contributed by atoms with Crippen LogP contribution in [0.25, 0.3) is 0 Å². The number of rotatable bonds is 3. The largest absolute Gasteiger partial charge is 0.478 e. The first-order valence-corrected chi connectivity index (χ1v) is 8.61. The minimum atomic E-state index is -0.801. The Kier molecular flexibility index (Phi) is 3.92. The van der Waals surface area contributed by atoms with Crippen LogP contribution in [0, 0.1) is 5.92 Å². The van der Waals surface area contributed by atoms with Crippen molar-refractivity contribution in [1.82, 2.24) is 0 Å². The standard InChI is InChI=1S/C16H21NO2S/c1-20-14-9-3-8-13(15(14)16(18)19)17-10-4-6-11-5-2-7-12(11)17/h3,8-9,11-12H,2,4-7,10H2,1H3,(H,18,19).